The molecule has 3 aromatic rings. The van der Waals surface area contributed by atoms with E-state index in [1.54, 1.807) is 0 Å². The molecule has 1 amide bonds. The average molecular weight is 568 g/mol. The molecule has 0 saturated heterocycles. The Morgan fingerprint density at radius 2 is 1.73 bits per heavy atom. The molecular weight excluding hydrogens is 530 g/mol. The van der Waals surface area contributed by atoms with Gasteiger partial charge in [-0.25, -0.2) is 0 Å². The van der Waals surface area contributed by atoms with Crippen molar-refractivity contribution in [3.63, 3.8) is 0 Å². The van der Waals surface area contributed by atoms with Gasteiger partial charge in [0.2, 0.25) is 0 Å². The molecule has 5 nitrogen and oxygen atoms in total. The average Bonchev–Trinajstić information content (AvgIpc) is 3.02. The fourth-order valence-corrected chi connectivity index (χ4v) is 5.74. The molecule has 0 bridgehead atoms. The van der Waals surface area contributed by atoms with Gasteiger partial charge in [0.25, 0.3) is 5.91 Å². The summed E-state index contributed by atoms with van der Waals surface area (Å²) in [5.41, 5.74) is 4.18. The first-order chi connectivity index (χ1) is 20.2. The van der Waals surface area contributed by atoms with Gasteiger partial charge in [-0.2, -0.15) is 0 Å². The summed E-state index contributed by atoms with van der Waals surface area (Å²) < 4.78 is 6.24. The highest BCUT2D eigenvalue weighted by atomic mass is 35.5. The van der Waals surface area contributed by atoms with Gasteiger partial charge < -0.3 is 15.4 Å². The second kappa shape index (κ2) is 14.8. The van der Waals surface area contributed by atoms with Gasteiger partial charge in [0.05, 0.1) is 17.9 Å². The monoisotopic (exact) mass is 567 g/mol. The zero-order valence-electron chi connectivity index (χ0n) is 23.4. The Morgan fingerprint density at radius 1 is 0.976 bits per heavy atom. The minimum absolute atomic E-state index is 0.179. The molecule has 0 radical (unpaired) electrons. The lowest BCUT2D eigenvalue weighted by Crippen LogP contribution is -2.38. The van der Waals surface area contributed by atoms with E-state index in [9.17, 15) is 4.79 Å². The summed E-state index contributed by atoms with van der Waals surface area (Å²) in [6.45, 7) is 1.37. The third-order valence-electron chi connectivity index (χ3n) is 7.71. The number of amides is 1. The van der Waals surface area contributed by atoms with Crippen LogP contribution in [0.25, 0.3) is 6.08 Å². The van der Waals surface area contributed by atoms with Gasteiger partial charge in [-0.15, -0.1) is 0 Å². The Hall–Kier alpha value is -3.67. The number of nitrogens with one attached hydrogen (secondary N) is 2. The van der Waals surface area contributed by atoms with Crippen molar-refractivity contribution >= 4 is 29.4 Å². The first-order valence-corrected chi connectivity index (χ1v) is 15.0. The van der Waals surface area contributed by atoms with Crippen LogP contribution in [0.3, 0.4) is 0 Å². The van der Waals surface area contributed by atoms with E-state index < -0.39 is 6.04 Å². The topological polar surface area (TPSA) is 62.7 Å². The van der Waals surface area contributed by atoms with Crippen molar-refractivity contribution in [2.24, 2.45) is 10.9 Å². The summed E-state index contributed by atoms with van der Waals surface area (Å²) in [5.74, 6) is 1.26. The molecule has 1 aliphatic heterocycles. The summed E-state index contributed by atoms with van der Waals surface area (Å²) in [6, 6.07) is 27.1. The second-order valence-corrected chi connectivity index (χ2v) is 11.1. The van der Waals surface area contributed by atoms with E-state index in [0.717, 1.165) is 34.7 Å². The predicted molar refractivity (Wildman–Crippen MR) is 168 cm³/mol. The van der Waals surface area contributed by atoms with Crippen LogP contribution in [0.5, 0.6) is 0 Å². The van der Waals surface area contributed by atoms with Crippen LogP contribution >= 0.6 is 11.6 Å². The molecule has 1 aliphatic carbocycles. The zero-order chi connectivity index (χ0) is 28.3. The SMILES string of the molecule is O=C(NCC=Cc1ccccc1)C1=C(COCCC2CCCCC2)NC(c2ccccc2)=NC1c1cccc(Cl)c1. The van der Waals surface area contributed by atoms with Crippen molar-refractivity contribution in [1.29, 1.82) is 0 Å². The number of ether oxygens (including phenoxy) is 1. The largest absolute Gasteiger partial charge is 0.375 e. The fourth-order valence-electron chi connectivity index (χ4n) is 5.54. The van der Waals surface area contributed by atoms with Crippen molar-refractivity contribution in [2.75, 3.05) is 19.8 Å². The number of rotatable bonds is 11. The maximum absolute atomic E-state index is 13.8. The Labute approximate surface area is 248 Å². The van der Waals surface area contributed by atoms with Gasteiger partial charge in [-0.3, -0.25) is 9.79 Å². The van der Waals surface area contributed by atoms with E-state index in [-0.39, 0.29) is 5.91 Å². The molecule has 41 heavy (non-hydrogen) atoms. The van der Waals surface area contributed by atoms with Gasteiger partial charge in [0.1, 0.15) is 11.9 Å². The highest BCUT2D eigenvalue weighted by Gasteiger charge is 2.31. The number of hydrogen-bond donors (Lipinski definition) is 2. The summed E-state index contributed by atoms with van der Waals surface area (Å²) in [4.78, 5) is 18.9. The molecular formula is C35H38ClN3O2. The molecule has 1 heterocycles. The summed E-state index contributed by atoms with van der Waals surface area (Å²) >= 11 is 6.40. The van der Waals surface area contributed by atoms with E-state index in [0.29, 0.717) is 36.2 Å². The molecule has 6 heteroatoms. The lowest BCUT2D eigenvalue weighted by Gasteiger charge is -2.28. The summed E-state index contributed by atoms with van der Waals surface area (Å²) in [6.07, 6.45) is 11.6. The first-order valence-electron chi connectivity index (χ1n) is 14.6. The normalized spacial score (nSPS) is 17.8. The summed E-state index contributed by atoms with van der Waals surface area (Å²) in [7, 11) is 0. The van der Waals surface area contributed by atoms with E-state index in [2.05, 4.69) is 10.6 Å². The third kappa shape index (κ3) is 8.18. The van der Waals surface area contributed by atoms with Gasteiger partial charge in [0.15, 0.2) is 0 Å². The van der Waals surface area contributed by atoms with Crippen molar-refractivity contribution in [2.45, 2.75) is 44.6 Å². The van der Waals surface area contributed by atoms with Crippen LogP contribution in [0.4, 0.5) is 0 Å². The molecule has 1 saturated carbocycles. The van der Waals surface area contributed by atoms with E-state index in [1.807, 2.05) is 97.1 Å². The summed E-state index contributed by atoms with van der Waals surface area (Å²) in [5, 5.41) is 7.15. The number of carbonyl (C=O) groups excluding carboxylic acids is 1. The van der Waals surface area contributed by atoms with Gasteiger partial charge in [-0.05, 0) is 35.6 Å². The minimum atomic E-state index is -0.528. The van der Waals surface area contributed by atoms with E-state index >= 15 is 0 Å². The Balaban J connectivity index is 1.40. The van der Waals surface area contributed by atoms with Crippen LogP contribution in [0.2, 0.25) is 5.02 Å². The molecule has 0 aromatic heterocycles. The van der Waals surface area contributed by atoms with Crippen LogP contribution in [0, 0.1) is 5.92 Å². The van der Waals surface area contributed by atoms with Gasteiger partial charge in [-0.1, -0.05) is 129 Å². The number of hydrogen-bond acceptors (Lipinski definition) is 4. The Kier molecular flexibility index (Phi) is 10.4. The lowest BCUT2D eigenvalue weighted by molar-refractivity contribution is -0.117. The van der Waals surface area contributed by atoms with Crippen LogP contribution < -0.4 is 10.6 Å². The molecule has 5 rings (SSSR count). The molecule has 2 N–H and O–H groups in total. The number of nitrogens with zero attached hydrogens (tertiary/aromatic N) is 1. The second-order valence-electron chi connectivity index (χ2n) is 10.7. The van der Waals surface area contributed by atoms with Crippen LogP contribution in [0.1, 0.15) is 61.3 Å². The lowest BCUT2D eigenvalue weighted by atomic mass is 9.87. The van der Waals surface area contributed by atoms with Gasteiger partial charge >= 0.3 is 0 Å². The smallest absolute Gasteiger partial charge is 0.251 e. The number of benzene rings is 3. The number of carbonyl (C=O) groups is 1. The number of halogens is 1. The third-order valence-corrected chi connectivity index (χ3v) is 7.95. The molecule has 1 atom stereocenters. The molecule has 2 aliphatic rings. The van der Waals surface area contributed by atoms with Crippen LogP contribution in [-0.4, -0.2) is 31.5 Å². The standard InChI is InChI=1S/C35H38ClN3O2/c36-30-20-10-19-29(24-30)33-32(35(40)37-22-11-16-26-12-4-1-5-13-26)31(25-41-23-21-27-14-6-2-7-15-27)38-34(39-33)28-17-8-3-9-18-28/h1,3-5,8-13,16-20,24,27,33H,2,6-7,14-15,21-23,25H2,(H,37,40)(H,38,39). The van der Waals surface area contributed by atoms with Crippen LogP contribution in [0.15, 0.2) is 107 Å². The molecule has 212 valence electrons. The zero-order valence-corrected chi connectivity index (χ0v) is 24.2. The van der Waals surface area contributed by atoms with Crippen molar-refractivity contribution < 1.29 is 9.53 Å². The number of aliphatic imine (C=N–C) groups is 1. The van der Waals surface area contributed by atoms with Crippen molar-refractivity contribution in [1.82, 2.24) is 10.6 Å². The van der Waals surface area contributed by atoms with E-state index in [4.69, 9.17) is 21.3 Å². The maximum Gasteiger partial charge on any atom is 0.251 e. The van der Waals surface area contributed by atoms with E-state index in [1.165, 1.54) is 32.1 Å². The number of amidine groups is 1. The Morgan fingerprint density at radius 3 is 2.49 bits per heavy atom. The molecule has 3 aromatic carbocycles. The Bertz CT molecular complexity index is 1380. The highest BCUT2D eigenvalue weighted by Crippen LogP contribution is 2.33. The molecule has 1 fully saturated rings. The fraction of sp³-hybridized carbons (Fsp3) is 0.314. The van der Waals surface area contributed by atoms with Gasteiger partial charge in [0, 0.05) is 23.7 Å². The maximum atomic E-state index is 13.8. The highest BCUT2D eigenvalue weighted by molar-refractivity contribution is 6.30. The first kappa shape index (κ1) is 28.8. The predicted octanol–water partition coefficient (Wildman–Crippen LogP) is 7.50. The molecule has 1 unspecified atom stereocenters. The minimum Gasteiger partial charge on any atom is -0.375 e. The van der Waals surface area contributed by atoms with Crippen molar-refractivity contribution in [3.05, 3.63) is 124 Å². The quantitative estimate of drug-likeness (QED) is 0.236. The van der Waals surface area contributed by atoms with Crippen molar-refractivity contribution in [3.8, 4) is 0 Å². The van der Waals surface area contributed by atoms with Crippen LogP contribution in [-0.2, 0) is 9.53 Å². The molecule has 0 spiro atoms.